The molecule has 0 aromatic carbocycles. The lowest BCUT2D eigenvalue weighted by Gasteiger charge is -1.92. The molecule has 1 N–H and O–H groups in total. The average Bonchev–Trinajstić information content (AvgIpc) is 2.31. The van der Waals surface area contributed by atoms with E-state index in [-0.39, 0.29) is 0 Å². The van der Waals surface area contributed by atoms with Gasteiger partial charge in [-0.05, 0) is 16.9 Å². The molecule has 0 fully saturated rings. The largest absolute Gasteiger partial charge is 0.481 e. The van der Waals surface area contributed by atoms with E-state index in [0.29, 0.717) is 0 Å². The fourth-order valence-electron chi connectivity index (χ4n) is 0.781. The average molecular weight is 256 g/mol. The Labute approximate surface area is 98.3 Å². The van der Waals surface area contributed by atoms with Gasteiger partial charge in [-0.15, -0.1) is 0 Å². The monoisotopic (exact) mass is 256 g/mol. The van der Waals surface area contributed by atoms with Gasteiger partial charge in [-0.3, -0.25) is 9.54 Å². The van der Waals surface area contributed by atoms with Crippen LogP contribution in [0.5, 0.6) is 0 Å². The molecule has 2 heterocycles. The zero-order valence-electron chi connectivity index (χ0n) is 8.62. The molecule has 0 saturated heterocycles. The maximum Gasteiger partial charge on any atom is 0.481 e. The molecule has 7 nitrogen and oxygen atoms in total. The van der Waals surface area contributed by atoms with E-state index in [0.717, 1.165) is 11.1 Å². The van der Waals surface area contributed by atoms with Crippen LogP contribution in [-0.2, 0) is 10.4 Å². The first-order valence-electron chi connectivity index (χ1n) is 4.41. The normalized spacial score (nSPS) is 9.94. The van der Waals surface area contributed by atoms with Crippen LogP contribution in [0.25, 0.3) is 0 Å². The second-order valence-electron chi connectivity index (χ2n) is 2.64. The van der Waals surface area contributed by atoms with E-state index in [4.69, 9.17) is 4.55 Å². The van der Waals surface area contributed by atoms with Gasteiger partial charge < -0.3 is 0 Å². The van der Waals surface area contributed by atoms with Gasteiger partial charge in [0.2, 0.25) is 0 Å². The lowest BCUT2D eigenvalue weighted by Crippen LogP contribution is -2.45. The number of pyridine rings is 1. The second kappa shape index (κ2) is 6.51. The molecule has 90 valence electrons. The second-order valence-corrected chi connectivity index (χ2v) is 3.65. The molecule has 0 aliphatic heterocycles. The lowest BCUT2D eigenvalue weighted by atomic mass is 10.5. The molecule has 0 atom stereocenters. The summed E-state index contributed by atoms with van der Waals surface area (Å²) in [7, 11) is -4.45. The Hall–Kier alpha value is -2.06. The summed E-state index contributed by atoms with van der Waals surface area (Å²) in [5.41, 5.74) is 0. The quantitative estimate of drug-likeness (QED) is 0.585. The van der Waals surface area contributed by atoms with Crippen molar-refractivity contribution in [2.75, 3.05) is 0 Å². The molecule has 2 aromatic heterocycles. The van der Waals surface area contributed by atoms with Crippen molar-refractivity contribution in [3.63, 3.8) is 0 Å². The Morgan fingerprint density at radius 3 is 2.00 bits per heavy atom. The lowest BCUT2D eigenvalue weighted by molar-refractivity contribution is -0.859. The van der Waals surface area contributed by atoms with Gasteiger partial charge in [0.15, 0.2) is 0 Å². The first-order valence-corrected chi connectivity index (χ1v) is 5.78. The molecular formula is C9H10N3O4S+. The van der Waals surface area contributed by atoms with Crippen LogP contribution in [0.4, 0.5) is 0 Å². The molecule has 0 aliphatic carbocycles. The fourth-order valence-corrected chi connectivity index (χ4v) is 1.09. The number of rotatable bonds is 2. The van der Waals surface area contributed by atoms with Gasteiger partial charge in [0.1, 0.15) is 12.4 Å². The van der Waals surface area contributed by atoms with Gasteiger partial charge in [0.05, 0.1) is 0 Å². The highest BCUT2D eigenvalue weighted by Gasteiger charge is 2.09. The molecule has 0 bridgehead atoms. The van der Waals surface area contributed by atoms with E-state index < -0.39 is 10.4 Å². The number of nitrogens with zero attached hydrogens (tertiary/aromatic N) is 3. The minimum absolute atomic E-state index is 0.759. The molecule has 2 rings (SSSR count). The highest BCUT2D eigenvalue weighted by atomic mass is 32.3. The van der Waals surface area contributed by atoms with Crippen molar-refractivity contribution in [3.8, 4) is 0 Å². The molecule has 17 heavy (non-hydrogen) atoms. The molecular weight excluding hydrogens is 246 g/mol. The molecule has 8 heteroatoms. The van der Waals surface area contributed by atoms with Crippen LogP contribution in [0, 0.1) is 0 Å². The topological polar surface area (TPSA) is 93.3 Å². The summed E-state index contributed by atoms with van der Waals surface area (Å²) in [6.07, 6.45) is 7.30. The van der Waals surface area contributed by atoms with Crippen molar-refractivity contribution in [3.05, 3.63) is 55.4 Å². The van der Waals surface area contributed by atoms with Crippen LogP contribution in [-0.4, -0.2) is 22.9 Å². The summed E-state index contributed by atoms with van der Waals surface area (Å²) in [5, 5.41) is 0. The first kappa shape index (κ1) is 13.0. The Morgan fingerprint density at radius 1 is 1.00 bits per heavy atom. The van der Waals surface area contributed by atoms with Crippen molar-refractivity contribution in [1.29, 1.82) is 0 Å². The van der Waals surface area contributed by atoms with Gasteiger partial charge in [-0.25, -0.2) is 0 Å². The van der Waals surface area contributed by atoms with Crippen LogP contribution >= 0.6 is 0 Å². The molecule has 2 aromatic rings. The van der Waals surface area contributed by atoms with Crippen molar-refractivity contribution in [2.45, 2.75) is 0 Å². The molecule has 0 aliphatic rings. The summed E-state index contributed by atoms with van der Waals surface area (Å²) >= 11 is 0. The van der Waals surface area contributed by atoms with Crippen molar-refractivity contribution in [1.82, 2.24) is 9.97 Å². The van der Waals surface area contributed by atoms with E-state index in [1.807, 2.05) is 18.2 Å². The standard InChI is InChI=1S/C5H5N.C4H4N2O4S/c1-2-4-6-5-3-1;7-11(8,9)10-6-3-1-2-5-4-6/h1-5H;1-4H/p+1. The van der Waals surface area contributed by atoms with Crippen LogP contribution in [0.1, 0.15) is 0 Å². The van der Waals surface area contributed by atoms with E-state index >= 15 is 0 Å². The Balaban J connectivity index is 0.000000202. The summed E-state index contributed by atoms with van der Waals surface area (Å²) in [5.74, 6) is 0. The van der Waals surface area contributed by atoms with E-state index in [9.17, 15) is 8.42 Å². The predicted molar refractivity (Wildman–Crippen MR) is 56.8 cm³/mol. The summed E-state index contributed by atoms with van der Waals surface area (Å²) in [4.78, 5) is 7.32. The maximum atomic E-state index is 10.1. The van der Waals surface area contributed by atoms with Gasteiger partial charge in [-0.2, -0.15) is 12.7 Å². The summed E-state index contributed by atoms with van der Waals surface area (Å²) in [6, 6.07) is 7.16. The number of aromatic nitrogens is 3. The highest BCUT2D eigenvalue weighted by molar-refractivity contribution is 7.80. The summed E-state index contributed by atoms with van der Waals surface area (Å²) < 4.78 is 33.1. The zero-order chi connectivity index (χ0) is 12.6. The smallest absolute Gasteiger partial charge is 0.265 e. The minimum atomic E-state index is -4.45. The van der Waals surface area contributed by atoms with E-state index in [1.165, 1.54) is 18.5 Å². The first-order chi connectivity index (χ1) is 8.08. The number of hydrogen-bond acceptors (Lipinski definition) is 5. The fraction of sp³-hybridized carbons (Fsp3) is 0. The maximum absolute atomic E-state index is 10.1. The number of hydrogen-bond donors (Lipinski definition) is 1. The van der Waals surface area contributed by atoms with Crippen molar-refractivity contribution in [2.24, 2.45) is 0 Å². The Bertz CT molecular complexity index is 492. The summed E-state index contributed by atoms with van der Waals surface area (Å²) in [6.45, 7) is 0. The molecule has 0 amide bonds. The minimum Gasteiger partial charge on any atom is -0.265 e. The molecule has 0 unspecified atom stereocenters. The van der Waals surface area contributed by atoms with Gasteiger partial charge in [0, 0.05) is 18.5 Å². The highest BCUT2D eigenvalue weighted by Crippen LogP contribution is 1.74. The van der Waals surface area contributed by atoms with Crippen LogP contribution in [0.2, 0.25) is 0 Å². The van der Waals surface area contributed by atoms with E-state index in [2.05, 4.69) is 14.3 Å². The van der Waals surface area contributed by atoms with Crippen LogP contribution < -0.4 is 9.01 Å². The SMILES string of the molecule is O=S(=O)(O)O[n+]1cccnc1.c1ccncc1. The third kappa shape index (κ3) is 6.93. The van der Waals surface area contributed by atoms with Crippen molar-refractivity contribution >= 4 is 10.4 Å². The molecule has 0 saturated carbocycles. The molecule has 0 spiro atoms. The van der Waals surface area contributed by atoms with Crippen molar-refractivity contribution < 1.29 is 22.0 Å². The zero-order valence-corrected chi connectivity index (χ0v) is 9.43. The van der Waals surface area contributed by atoms with Crippen LogP contribution in [0.15, 0.2) is 55.4 Å². The van der Waals surface area contributed by atoms with E-state index in [1.54, 1.807) is 12.4 Å². The van der Waals surface area contributed by atoms with Crippen LogP contribution in [0.3, 0.4) is 0 Å². The van der Waals surface area contributed by atoms with Gasteiger partial charge in [-0.1, -0.05) is 11.1 Å². The Morgan fingerprint density at radius 2 is 1.65 bits per heavy atom. The predicted octanol–water partition coefficient (Wildman–Crippen LogP) is -0.318. The molecule has 0 radical (unpaired) electrons. The van der Waals surface area contributed by atoms with Gasteiger partial charge >= 0.3 is 16.7 Å². The third-order valence-electron chi connectivity index (χ3n) is 1.33. The van der Waals surface area contributed by atoms with Gasteiger partial charge in [0.25, 0.3) is 0 Å². The Kier molecular flexibility index (Phi) is 4.98. The third-order valence-corrected chi connectivity index (χ3v) is 1.69.